The van der Waals surface area contributed by atoms with Crippen molar-refractivity contribution in [3.05, 3.63) is 82.7 Å². The number of phenolic OH excluding ortho intramolecular Hbond substituents is 1. The Balaban J connectivity index is 1.71. The van der Waals surface area contributed by atoms with Crippen LogP contribution in [0.3, 0.4) is 0 Å². The second-order valence-corrected chi connectivity index (χ2v) is 5.98. The van der Waals surface area contributed by atoms with Crippen LogP contribution in [0.4, 0.5) is 0 Å². The standard InChI is InChI=1S/C20H20N4O2/c1-14-19(12-21-22-20(26)17-9-6-10-18(25)11-17)15(2)24(23-14)13-16-7-4-3-5-8-16/h3-12,25H,13H2,1-2H3,(H,22,26)/b21-12-. The topological polar surface area (TPSA) is 79.5 Å². The van der Waals surface area contributed by atoms with Gasteiger partial charge in [0.25, 0.3) is 5.91 Å². The van der Waals surface area contributed by atoms with Crippen LogP contribution < -0.4 is 5.43 Å². The summed E-state index contributed by atoms with van der Waals surface area (Å²) in [6, 6.07) is 16.2. The number of rotatable bonds is 5. The highest BCUT2D eigenvalue weighted by Crippen LogP contribution is 2.13. The Kier molecular flexibility index (Phi) is 5.12. The first-order chi connectivity index (χ1) is 12.5. The summed E-state index contributed by atoms with van der Waals surface area (Å²) in [7, 11) is 0. The van der Waals surface area contributed by atoms with Gasteiger partial charge in [0, 0.05) is 16.8 Å². The van der Waals surface area contributed by atoms with E-state index < -0.39 is 0 Å². The summed E-state index contributed by atoms with van der Waals surface area (Å²) in [4.78, 5) is 12.0. The predicted molar refractivity (Wildman–Crippen MR) is 100 cm³/mol. The molecule has 1 amide bonds. The zero-order chi connectivity index (χ0) is 18.5. The highest BCUT2D eigenvalue weighted by molar-refractivity contribution is 5.95. The third-order valence-electron chi connectivity index (χ3n) is 4.08. The molecule has 26 heavy (non-hydrogen) atoms. The van der Waals surface area contributed by atoms with Gasteiger partial charge in [-0.3, -0.25) is 9.48 Å². The number of carbonyl (C=O) groups is 1. The lowest BCUT2D eigenvalue weighted by Gasteiger charge is -2.04. The van der Waals surface area contributed by atoms with Crippen molar-refractivity contribution in [1.29, 1.82) is 0 Å². The smallest absolute Gasteiger partial charge is 0.271 e. The number of aromatic nitrogens is 2. The van der Waals surface area contributed by atoms with Gasteiger partial charge in [-0.15, -0.1) is 0 Å². The van der Waals surface area contributed by atoms with Crippen molar-refractivity contribution in [3.8, 4) is 5.75 Å². The van der Waals surface area contributed by atoms with Gasteiger partial charge in [-0.25, -0.2) is 5.43 Å². The zero-order valence-corrected chi connectivity index (χ0v) is 14.7. The zero-order valence-electron chi connectivity index (χ0n) is 14.7. The van der Waals surface area contributed by atoms with E-state index in [2.05, 4.69) is 27.8 Å². The first kappa shape index (κ1) is 17.4. The van der Waals surface area contributed by atoms with E-state index in [0.717, 1.165) is 17.0 Å². The lowest BCUT2D eigenvalue weighted by atomic mass is 10.2. The Morgan fingerprint density at radius 2 is 1.96 bits per heavy atom. The average molecular weight is 348 g/mol. The van der Waals surface area contributed by atoms with E-state index in [1.54, 1.807) is 18.3 Å². The number of aromatic hydroxyl groups is 1. The number of phenols is 1. The van der Waals surface area contributed by atoms with E-state index in [9.17, 15) is 9.90 Å². The molecule has 6 nitrogen and oxygen atoms in total. The third kappa shape index (κ3) is 3.97. The minimum Gasteiger partial charge on any atom is -0.508 e. The summed E-state index contributed by atoms with van der Waals surface area (Å²) in [5.74, 6) is -0.348. The first-order valence-electron chi connectivity index (χ1n) is 8.25. The number of nitrogens with one attached hydrogen (secondary N) is 1. The van der Waals surface area contributed by atoms with Gasteiger partial charge in [-0.05, 0) is 37.6 Å². The predicted octanol–water partition coefficient (Wildman–Crippen LogP) is 3.02. The van der Waals surface area contributed by atoms with Crippen LogP contribution >= 0.6 is 0 Å². The molecular formula is C20H20N4O2. The molecule has 0 fully saturated rings. The summed E-state index contributed by atoms with van der Waals surface area (Å²) in [5.41, 5.74) is 6.67. The lowest BCUT2D eigenvalue weighted by Crippen LogP contribution is -2.17. The number of hydrogen-bond donors (Lipinski definition) is 2. The van der Waals surface area contributed by atoms with Crippen LogP contribution in [-0.2, 0) is 6.54 Å². The molecule has 1 aromatic heterocycles. The van der Waals surface area contributed by atoms with Gasteiger partial charge in [-0.2, -0.15) is 10.2 Å². The molecule has 0 bridgehead atoms. The molecule has 0 radical (unpaired) electrons. The van der Waals surface area contributed by atoms with Crippen molar-refractivity contribution in [1.82, 2.24) is 15.2 Å². The molecule has 3 aromatic rings. The largest absolute Gasteiger partial charge is 0.508 e. The van der Waals surface area contributed by atoms with Crippen molar-refractivity contribution in [2.24, 2.45) is 5.10 Å². The number of benzene rings is 2. The van der Waals surface area contributed by atoms with Crippen LogP contribution in [0.1, 0.15) is 32.9 Å². The Labute approximate surface area is 151 Å². The summed E-state index contributed by atoms with van der Waals surface area (Å²) < 4.78 is 1.92. The highest BCUT2D eigenvalue weighted by atomic mass is 16.3. The molecule has 0 saturated carbocycles. The summed E-state index contributed by atoms with van der Waals surface area (Å²) in [6.45, 7) is 4.56. The van der Waals surface area contributed by atoms with Crippen LogP contribution in [-0.4, -0.2) is 27.0 Å². The van der Waals surface area contributed by atoms with Crippen LogP contribution in [0, 0.1) is 13.8 Å². The maximum Gasteiger partial charge on any atom is 0.271 e. The van der Waals surface area contributed by atoms with Crippen LogP contribution in [0.25, 0.3) is 0 Å². The number of nitrogens with zero attached hydrogens (tertiary/aromatic N) is 3. The summed E-state index contributed by atoms with van der Waals surface area (Å²) in [5, 5.41) is 18.0. The molecule has 0 aliphatic carbocycles. The molecule has 0 unspecified atom stereocenters. The number of hydrogen-bond acceptors (Lipinski definition) is 4. The first-order valence-corrected chi connectivity index (χ1v) is 8.25. The van der Waals surface area contributed by atoms with E-state index in [0.29, 0.717) is 12.1 Å². The number of amides is 1. The summed E-state index contributed by atoms with van der Waals surface area (Å²) >= 11 is 0. The Bertz CT molecular complexity index is 946. The van der Waals surface area contributed by atoms with Crippen molar-refractivity contribution < 1.29 is 9.90 Å². The maximum atomic E-state index is 12.0. The molecule has 0 saturated heterocycles. The van der Waals surface area contributed by atoms with Gasteiger partial charge in [0.15, 0.2) is 0 Å². The van der Waals surface area contributed by atoms with Gasteiger partial charge in [0.05, 0.1) is 18.5 Å². The molecule has 132 valence electrons. The molecule has 0 atom stereocenters. The Morgan fingerprint density at radius 3 is 2.69 bits per heavy atom. The van der Waals surface area contributed by atoms with Crippen LogP contribution in [0.5, 0.6) is 5.75 Å². The minimum atomic E-state index is -0.385. The quantitative estimate of drug-likeness (QED) is 0.549. The second kappa shape index (κ2) is 7.65. The van der Waals surface area contributed by atoms with Gasteiger partial charge in [-0.1, -0.05) is 36.4 Å². The van der Waals surface area contributed by atoms with Crippen LogP contribution in [0.2, 0.25) is 0 Å². The van der Waals surface area contributed by atoms with Gasteiger partial charge < -0.3 is 5.11 Å². The molecule has 0 spiro atoms. The van der Waals surface area contributed by atoms with E-state index in [1.165, 1.54) is 17.7 Å². The Hall–Kier alpha value is -3.41. The highest BCUT2D eigenvalue weighted by Gasteiger charge is 2.10. The van der Waals surface area contributed by atoms with Crippen molar-refractivity contribution in [2.75, 3.05) is 0 Å². The SMILES string of the molecule is Cc1nn(Cc2ccccc2)c(C)c1/C=N\NC(=O)c1cccc(O)c1. The molecule has 0 aliphatic rings. The molecule has 2 aromatic carbocycles. The van der Waals surface area contributed by atoms with E-state index in [4.69, 9.17) is 0 Å². The van der Waals surface area contributed by atoms with Gasteiger partial charge >= 0.3 is 0 Å². The fourth-order valence-electron chi connectivity index (χ4n) is 2.68. The van der Waals surface area contributed by atoms with E-state index in [-0.39, 0.29) is 11.7 Å². The molecule has 2 N–H and O–H groups in total. The van der Waals surface area contributed by atoms with Crippen molar-refractivity contribution in [2.45, 2.75) is 20.4 Å². The van der Waals surface area contributed by atoms with E-state index in [1.807, 2.05) is 36.7 Å². The fourth-order valence-corrected chi connectivity index (χ4v) is 2.68. The monoisotopic (exact) mass is 348 g/mol. The third-order valence-corrected chi connectivity index (χ3v) is 4.08. The number of hydrazone groups is 1. The number of carbonyl (C=O) groups excluding carboxylic acids is 1. The summed E-state index contributed by atoms with van der Waals surface area (Å²) in [6.07, 6.45) is 1.60. The average Bonchev–Trinajstić information content (AvgIpc) is 2.90. The van der Waals surface area contributed by atoms with Crippen molar-refractivity contribution >= 4 is 12.1 Å². The maximum absolute atomic E-state index is 12.0. The second-order valence-electron chi connectivity index (χ2n) is 5.98. The molecular weight excluding hydrogens is 328 g/mol. The van der Waals surface area contributed by atoms with E-state index >= 15 is 0 Å². The van der Waals surface area contributed by atoms with Gasteiger partial charge in [0.1, 0.15) is 5.75 Å². The minimum absolute atomic E-state index is 0.0375. The van der Waals surface area contributed by atoms with Crippen LogP contribution in [0.15, 0.2) is 59.7 Å². The number of aryl methyl sites for hydroxylation is 1. The Morgan fingerprint density at radius 1 is 1.19 bits per heavy atom. The fraction of sp³-hybridized carbons (Fsp3) is 0.150. The molecule has 3 rings (SSSR count). The molecule has 1 heterocycles. The van der Waals surface area contributed by atoms with Crippen molar-refractivity contribution in [3.63, 3.8) is 0 Å². The van der Waals surface area contributed by atoms with Gasteiger partial charge in [0.2, 0.25) is 0 Å². The molecule has 0 aliphatic heterocycles. The lowest BCUT2D eigenvalue weighted by molar-refractivity contribution is 0.0954. The molecule has 6 heteroatoms. The normalized spacial score (nSPS) is 11.0.